The second-order valence-corrected chi connectivity index (χ2v) is 8.14. The molecule has 0 saturated carbocycles. The summed E-state index contributed by atoms with van der Waals surface area (Å²) in [4.78, 5) is 21.7. The zero-order chi connectivity index (χ0) is 23.1. The molecule has 0 amide bonds. The number of benzene rings is 3. The first-order valence-corrected chi connectivity index (χ1v) is 10.8. The predicted molar refractivity (Wildman–Crippen MR) is 115 cm³/mol. The lowest BCUT2D eigenvalue weighted by Gasteiger charge is -2.14. The van der Waals surface area contributed by atoms with Gasteiger partial charge in [-0.15, -0.1) is 0 Å². The molecule has 0 atom stereocenters. The topological polar surface area (TPSA) is 139 Å². The standard InChI is InChI=1S/C22H19NO8S/c24-21(25)15-5-9-17(10-6-15)30-13-14-31-20-4-2-1-3-19(20)23-32(28,29)18-11-7-16(8-12-18)22(26)27/h1-12,23H,13-14H2,(H,24,25)(H,26,27). The molecule has 0 aliphatic rings. The minimum absolute atomic E-state index is 0.0229. The van der Waals surface area contributed by atoms with E-state index in [4.69, 9.17) is 19.7 Å². The van der Waals surface area contributed by atoms with Crippen LogP contribution < -0.4 is 14.2 Å². The van der Waals surface area contributed by atoms with Crippen LogP contribution in [-0.2, 0) is 10.0 Å². The van der Waals surface area contributed by atoms with Crippen molar-refractivity contribution in [2.45, 2.75) is 4.90 Å². The number of para-hydroxylation sites is 2. The summed E-state index contributed by atoms with van der Waals surface area (Å²) in [5.41, 5.74) is 0.332. The molecule has 166 valence electrons. The lowest BCUT2D eigenvalue weighted by atomic mass is 10.2. The summed E-state index contributed by atoms with van der Waals surface area (Å²) in [6.45, 7) is 0.247. The van der Waals surface area contributed by atoms with Crippen LogP contribution >= 0.6 is 0 Å². The van der Waals surface area contributed by atoms with E-state index in [1.807, 2.05) is 0 Å². The number of nitrogens with one attached hydrogen (secondary N) is 1. The number of rotatable bonds is 10. The first kappa shape index (κ1) is 22.6. The van der Waals surface area contributed by atoms with Crippen LogP contribution in [0.15, 0.2) is 77.7 Å². The van der Waals surface area contributed by atoms with Gasteiger partial charge in [0.1, 0.15) is 24.7 Å². The highest BCUT2D eigenvalue weighted by atomic mass is 32.2. The zero-order valence-corrected chi connectivity index (χ0v) is 17.4. The van der Waals surface area contributed by atoms with Crippen LogP contribution in [0.25, 0.3) is 0 Å². The van der Waals surface area contributed by atoms with Gasteiger partial charge in [0.05, 0.1) is 21.7 Å². The van der Waals surface area contributed by atoms with E-state index in [2.05, 4.69) is 4.72 Å². The number of aromatic carboxylic acids is 2. The Bertz CT molecular complexity index is 1210. The molecule has 10 heteroatoms. The molecule has 0 unspecified atom stereocenters. The van der Waals surface area contributed by atoms with E-state index in [0.29, 0.717) is 5.75 Å². The Morgan fingerprint density at radius 3 is 1.88 bits per heavy atom. The number of anilines is 1. The third-order valence-corrected chi connectivity index (χ3v) is 5.64. The molecule has 9 nitrogen and oxygen atoms in total. The maximum Gasteiger partial charge on any atom is 0.335 e. The van der Waals surface area contributed by atoms with Crippen molar-refractivity contribution in [2.24, 2.45) is 0 Å². The molecule has 0 aromatic heterocycles. The Morgan fingerprint density at radius 2 is 1.28 bits per heavy atom. The fraction of sp³-hybridized carbons (Fsp3) is 0.0909. The highest BCUT2D eigenvalue weighted by Gasteiger charge is 2.17. The maximum atomic E-state index is 12.6. The largest absolute Gasteiger partial charge is 0.490 e. The Labute approximate surface area is 183 Å². The number of hydrogen-bond donors (Lipinski definition) is 3. The van der Waals surface area contributed by atoms with Crippen molar-refractivity contribution < 1.29 is 37.7 Å². The lowest BCUT2D eigenvalue weighted by Crippen LogP contribution is -2.15. The van der Waals surface area contributed by atoms with Crippen LogP contribution in [0.5, 0.6) is 11.5 Å². The third kappa shape index (κ3) is 5.76. The smallest absolute Gasteiger partial charge is 0.335 e. The molecule has 3 N–H and O–H groups in total. The average molecular weight is 457 g/mol. The monoisotopic (exact) mass is 457 g/mol. The molecule has 3 aromatic carbocycles. The van der Waals surface area contributed by atoms with Crippen molar-refractivity contribution >= 4 is 27.6 Å². The Hall–Kier alpha value is -4.05. The van der Waals surface area contributed by atoms with Gasteiger partial charge in [0.15, 0.2) is 0 Å². The summed E-state index contributed by atoms with van der Waals surface area (Å²) in [7, 11) is -3.97. The van der Waals surface area contributed by atoms with E-state index in [-0.39, 0.29) is 40.7 Å². The van der Waals surface area contributed by atoms with E-state index in [1.165, 1.54) is 54.6 Å². The van der Waals surface area contributed by atoms with Crippen LogP contribution in [0.3, 0.4) is 0 Å². The molecule has 32 heavy (non-hydrogen) atoms. The highest BCUT2D eigenvalue weighted by Crippen LogP contribution is 2.27. The Balaban J connectivity index is 1.61. The summed E-state index contributed by atoms with van der Waals surface area (Å²) in [6, 6.07) is 17.2. The summed E-state index contributed by atoms with van der Waals surface area (Å²) < 4.78 is 38.8. The number of hydrogen-bond acceptors (Lipinski definition) is 6. The third-order valence-electron chi connectivity index (χ3n) is 4.25. The minimum atomic E-state index is -3.97. The number of sulfonamides is 1. The average Bonchev–Trinajstić information content (AvgIpc) is 2.78. The van der Waals surface area contributed by atoms with E-state index >= 15 is 0 Å². The maximum absolute atomic E-state index is 12.6. The van der Waals surface area contributed by atoms with E-state index in [9.17, 15) is 18.0 Å². The van der Waals surface area contributed by atoms with Gasteiger partial charge < -0.3 is 19.7 Å². The van der Waals surface area contributed by atoms with Gasteiger partial charge in [-0.1, -0.05) is 12.1 Å². The Kier molecular flexibility index (Phi) is 6.96. The molecule has 3 rings (SSSR count). The second kappa shape index (κ2) is 9.84. The number of carboxylic acids is 2. The Morgan fingerprint density at radius 1 is 0.750 bits per heavy atom. The molecule has 0 heterocycles. The lowest BCUT2D eigenvalue weighted by molar-refractivity contribution is 0.0686. The van der Waals surface area contributed by atoms with Gasteiger partial charge in [-0.25, -0.2) is 18.0 Å². The molecule has 0 spiro atoms. The molecule has 0 aliphatic heterocycles. The molecular formula is C22H19NO8S. The predicted octanol–water partition coefficient (Wildman–Crippen LogP) is 3.34. The number of carbonyl (C=O) groups is 2. The molecule has 0 aliphatic carbocycles. The van der Waals surface area contributed by atoms with Crippen molar-refractivity contribution in [3.63, 3.8) is 0 Å². The fourth-order valence-electron chi connectivity index (χ4n) is 2.66. The molecule has 0 radical (unpaired) electrons. The van der Waals surface area contributed by atoms with Crippen LogP contribution in [0.1, 0.15) is 20.7 Å². The SMILES string of the molecule is O=C(O)c1ccc(OCCOc2ccccc2NS(=O)(=O)c2ccc(C(=O)O)cc2)cc1. The van der Waals surface area contributed by atoms with Crippen molar-refractivity contribution in [1.29, 1.82) is 0 Å². The van der Waals surface area contributed by atoms with Crippen LogP contribution in [0.4, 0.5) is 5.69 Å². The van der Waals surface area contributed by atoms with Crippen molar-refractivity contribution in [1.82, 2.24) is 0 Å². The van der Waals surface area contributed by atoms with Gasteiger partial charge in [-0.3, -0.25) is 4.72 Å². The summed E-state index contributed by atoms with van der Waals surface area (Å²) in [5, 5.41) is 17.8. The normalized spacial score (nSPS) is 10.9. The molecule has 0 bridgehead atoms. The van der Waals surface area contributed by atoms with Crippen molar-refractivity contribution in [2.75, 3.05) is 17.9 Å². The first-order chi connectivity index (χ1) is 15.3. The van der Waals surface area contributed by atoms with E-state index in [1.54, 1.807) is 18.2 Å². The fourth-order valence-corrected chi connectivity index (χ4v) is 3.73. The number of ether oxygens (including phenoxy) is 2. The van der Waals surface area contributed by atoms with Crippen LogP contribution in [0, 0.1) is 0 Å². The van der Waals surface area contributed by atoms with E-state index < -0.39 is 22.0 Å². The van der Waals surface area contributed by atoms with Crippen LogP contribution in [0.2, 0.25) is 0 Å². The van der Waals surface area contributed by atoms with E-state index in [0.717, 1.165) is 0 Å². The summed E-state index contributed by atoms with van der Waals surface area (Å²) in [6.07, 6.45) is 0. The first-order valence-electron chi connectivity index (χ1n) is 9.30. The van der Waals surface area contributed by atoms with Crippen molar-refractivity contribution in [3.05, 3.63) is 83.9 Å². The second-order valence-electron chi connectivity index (χ2n) is 6.46. The molecule has 0 fully saturated rings. The van der Waals surface area contributed by atoms with Crippen LogP contribution in [-0.4, -0.2) is 43.8 Å². The van der Waals surface area contributed by atoms with Crippen molar-refractivity contribution in [3.8, 4) is 11.5 Å². The van der Waals surface area contributed by atoms with Gasteiger partial charge in [-0.05, 0) is 60.7 Å². The zero-order valence-electron chi connectivity index (χ0n) is 16.6. The summed E-state index contributed by atoms with van der Waals surface area (Å²) >= 11 is 0. The number of carboxylic acid groups (broad SMARTS) is 2. The molecule has 3 aromatic rings. The molecular weight excluding hydrogens is 438 g/mol. The van der Waals surface area contributed by atoms with Gasteiger partial charge in [0, 0.05) is 0 Å². The molecule has 0 saturated heterocycles. The van der Waals surface area contributed by atoms with Gasteiger partial charge >= 0.3 is 11.9 Å². The highest BCUT2D eigenvalue weighted by molar-refractivity contribution is 7.92. The van der Waals surface area contributed by atoms with Gasteiger partial charge in [0.25, 0.3) is 10.0 Å². The summed E-state index contributed by atoms with van der Waals surface area (Å²) in [5.74, 6) is -1.43. The van der Waals surface area contributed by atoms with Gasteiger partial charge in [-0.2, -0.15) is 0 Å². The van der Waals surface area contributed by atoms with Gasteiger partial charge in [0.2, 0.25) is 0 Å². The minimum Gasteiger partial charge on any atom is -0.490 e. The quantitative estimate of drug-likeness (QED) is 0.394.